The molecule has 2 heterocycles. The third kappa shape index (κ3) is 4.79. The average Bonchev–Trinajstić information content (AvgIpc) is 3.14. The van der Waals surface area contributed by atoms with Crippen LogP contribution in [0.1, 0.15) is 50.1 Å². The molecule has 126 valence electrons. The lowest BCUT2D eigenvalue weighted by molar-refractivity contribution is -0.123. The first-order valence-electron chi connectivity index (χ1n) is 8.99. The van der Waals surface area contributed by atoms with E-state index in [2.05, 4.69) is 22.8 Å². The van der Waals surface area contributed by atoms with Crippen LogP contribution in [0.25, 0.3) is 0 Å². The van der Waals surface area contributed by atoms with Gasteiger partial charge in [0.2, 0.25) is 5.91 Å². The van der Waals surface area contributed by atoms with E-state index in [-0.39, 0.29) is 18.1 Å². The van der Waals surface area contributed by atoms with Crippen LogP contribution in [0.4, 0.5) is 0 Å². The molecular formula is C19H28N2O2. The summed E-state index contributed by atoms with van der Waals surface area (Å²) in [5, 5.41) is 6.61. The van der Waals surface area contributed by atoms with E-state index in [1.807, 2.05) is 18.2 Å². The molecule has 4 nitrogen and oxygen atoms in total. The zero-order chi connectivity index (χ0) is 15.9. The quantitative estimate of drug-likeness (QED) is 0.848. The van der Waals surface area contributed by atoms with E-state index in [9.17, 15) is 4.79 Å². The maximum atomic E-state index is 12.4. The van der Waals surface area contributed by atoms with Gasteiger partial charge in [0, 0.05) is 13.0 Å². The summed E-state index contributed by atoms with van der Waals surface area (Å²) < 4.78 is 5.84. The van der Waals surface area contributed by atoms with Crippen molar-refractivity contribution in [2.75, 3.05) is 19.7 Å². The molecule has 0 bridgehead atoms. The van der Waals surface area contributed by atoms with Gasteiger partial charge in [-0.1, -0.05) is 30.3 Å². The van der Waals surface area contributed by atoms with Crippen LogP contribution in [-0.4, -0.2) is 31.7 Å². The summed E-state index contributed by atoms with van der Waals surface area (Å²) in [6.45, 7) is 2.99. The number of benzene rings is 1. The first-order chi connectivity index (χ1) is 11.3. The largest absolute Gasteiger partial charge is 0.376 e. The molecule has 2 aliphatic heterocycles. The number of hydrogen-bond acceptors (Lipinski definition) is 3. The predicted molar refractivity (Wildman–Crippen MR) is 91.1 cm³/mol. The van der Waals surface area contributed by atoms with Crippen LogP contribution in [0.3, 0.4) is 0 Å². The fraction of sp³-hybridized carbons (Fsp3) is 0.632. The van der Waals surface area contributed by atoms with Crippen LogP contribution in [0.5, 0.6) is 0 Å². The Morgan fingerprint density at radius 3 is 2.70 bits per heavy atom. The lowest BCUT2D eigenvalue weighted by Gasteiger charge is -2.26. The third-order valence-corrected chi connectivity index (χ3v) is 5.05. The van der Waals surface area contributed by atoms with Crippen LogP contribution in [0.2, 0.25) is 0 Å². The van der Waals surface area contributed by atoms with Crippen LogP contribution in [0.15, 0.2) is 30.3 Å². The number of rotatable bonds is 6. The van der Waals surface area contributed by atoms with Gasteiger partial charge in [0.1, 0.15) is 0 Å². The molecule has 2 aliphatic rings. The molecule has 23 heavy (non-hydrogen) atoms. The van der Waals surface area contributed by atoms with Crippen molar-refractivity contribution >= 4 is 5.91 Å². The van der Waals surface area contributed by atoms with E-state index < -0.39 is 0 Å². The second-order valence-electron chi connectivity index (χ2n) is 6.74. The van der Waals surface area contributed by atoms with Crippen molar-refractivity contribution in [2.24, 2.45) is 5.92 Å². The van der Waals surface area contributed by atoms with E-state index in [4.69, 9.17) is 4.74 Å². The maximum absolute atomic E-state index is 12.4. The highest BCUT2D eigenvalue weighted by atomic mass is 16.5. The number of ether oxygens (including phenoxy) is 1. The number of nitrogens with one attached hydrogen (secondary N) is 2. The fourth-order valence-electron chi connectivity index (χ4n) is 3.67. The number of piperidine rings is 1. The molecule has 0 aliphatic carbocycles. The molecule has 1 aromatic carbocycles. The minimum atomic E-state index is -0.0146. The minimum Gasteiger partial charge on any atom is -0.376 e. The Bertz CT molecular complexity index is 479. The molecule has 0 saturated carbocycles. The molecule has 1 amide bonds. The lowest BCUT2D eigenvalue weighted by atomic mass is 9.93. The Kier molecular flexibility index (Phi) is 6.06. The summed E-state index contributed by atoms with van der Waals surface area (Å²) in [7, 11) is 0. The Morgan fingerprint density at radius 1 is 1.22 bits per heavy atom. The van der Waals surface area contributed by atoms with Gasteiger partial charge in [0.25, 0.3) is 0 Å². The van der Waals surface area contributed by atoms with Gasteiger partial charge >= 0.3 is 0 Å². The third-order valence-electron chi connectivity index (χ3n) is 5.05. The molecule has 3 rings (SSSR count). The first kappa shape index (κ1) is 16.5. The van der Waals surface area contributed by atoms with Crippen molar-refractivity contribution in [3.05, 3.63) is 35.9 Å². The van der Waals surface area contributed by atoms with Crippen molar-refractivity contribution in [3.8, 4) is 0 Å². The van der Waals surface area contributed by atoms with E-state index in [0.29, 0.717) is 12.3 Å². The van der Waals surface area contributed by atoms with Gasteiger partial charge in [0.15, 0.2) is 0 Å². The molecule has 0 spiro atoms. The molecule has 2 atom stereocenters. The fourth-order valence-corrected chi connectivity index (χ4v) is 3.67. The summed E-state index contributed by atoms with van der Waals surface area (Å²) in [6, 6.07) is 10.2. The first-order valence-corrected chi connectivity index (χ1v) is 8.99. The van der Waals surface area contributed by atoms with E-state index in [0.717, 1.165) is 44.5 Å². The Labute approximate surface area is 139 Å². The second kappa shape index (κ2) is 8.46. The summed E-state index contributed by atoms with van der Waals surface area (Å²) >= 11 is 0. The molecule has 2 N–H and O–H groups in total. The average molecular weight is 316 g/mol. The monoisotopic (exact) mass is 316 g/mol. The Morgan fingerprint density at radius 2 is 2.00 bits per heavy atom. The maximum Gasteiger partial charge on any atom is 0.220 e. The standard InChI is InChI=1S/C19H28N2O2/c22-18(9-8-15-10-12-20-13-11-15)21-19(17-7-4-14-23-17)16-5-2-1-3-6-16/h1-3,5-6,15,17,19-20H,4,7-14H2,(H,21,22). The van der Waals surface area contributed by atoms with Gasteiger partial charge < -0.3 is 15.4 Å². The SMILES string of the molecule is O=C(CCC1CCNCC1)NC(c1ccccc1)C1CCCO1. The zero-order valence-electron chi connectivity index (χ0n) is 13.8. The van der Waals surface area contributed by atoms with Crippen LogP contribution in [-0.2, 0) is 9.53 Å². The van der Waals surface area contributed by atoms with Crippen molar-refractivity contribution in [3.63, 3.8) is 0 Å². The molecule has 1 aromatic rings. The van der Waals surface area contributed by atoms with Crippen LogP contribution < -0.4 is 10.6 Å². The van der Waals surface area contributed by atoms with Crippen LogP contribution >= 0.6 is 0 Å². The van der Waals surface area contributed by atoms with Crippen molar-refractivity contribution in [2.45, 2.75) is 50.7 Å². The van der Waals surface area contributed by atoms with Gasteiger partial charge in [-0.3, -0.25) is 4.79 Å². The molecule has 2 unspecified atom stereocenters. The highest BCUT2D eigenvalue weighted by Gasteiger charge is 2.28. The van der Waals surface area contributed by atoms with Crippen molar-refractivity contribution < 1.29 is 9.53 Å². The number of amides is 1. The zero-order valence-corrected chi connectivity index (χ0v) is 13.8. The number of hydrogen-bond donors (Lipinski definition) is 2. The molecule has 2 saturated heterocycles. The van der Waals surface area contributed by atoms with Gasteiger partial charge in [-0.2, -0.15) is 0 Å². The molecule has 0 aromatic heterocycles. The molecule has 4 heteroatoms. The van der Waals surface area contributed by atoms with Gasteiger partial charge in [-0.05, 0) is 56.7 Å². The predicted octanol–water partition coefficient (Wildman–Crippen LogP) is 2.80. The summed E-state index contributed by atoms with van der Waals surface area (Å²) in [5.41, 5.74) is 1.15. The highest BCUT2D eigenvalue weighted by Crippen LogP contribution is 2.27. The van der Waals surface area contributed by atoms with Gasteiger partial charge in [-0.15, -0.1) is 0 Å². The Hall–Kier alpha value is -1.39. The van der Waals surface area contributed by atoms with Gasteiger partial charge in [0.05, 0.1) is 12.1 Å². The molecule has 2 fully saturated rings. The second-order valence-corrected chi connectivity index (χ2v) is 6.74. The molecule has 0 radical (unpaired) electrons. The number of carbonyl (C=O) groups excluding carboxylic acids is 1. The minimum absolute atomic E-state index is 0.0146. The van der Waals surface area contributed by atoms with Crippen molar-refractivity contribution in [1.82, 2.24) is 10.6 Å². The smallest absolute Gasteiger partial charge is 0.220 e. The summed E-state index contributed by atoms with van der Waals surface area (Å²) in [5.74, 6) is 0.854. The van der Waals surface area contributed by atoms with Gasteiger partial charge in [-0.25, -0.2) is 0 Å². The highest BCUT2D eigenvalue weighted by molar-refractivity contribution is 5.76. The van der Waals surface area contributed by atoms with E-state index in [1.165, 1.54) is 12.8 Å². The van der Waals surface area contributed by atoms with E-state index >= 15 is 0 Å². The normalized spacial score (nSPS) is 23.6. The van der Waals surface area contributed by atoms with Crippen LogP contribution in [0, 0.1) is 5.92 Å². The Balaban J connectivity index is 1.55. The lowest BCUT2D eigenvalue weighted by Crippen LogP contribution is -2.36. The molecular weight excluding hydrogens is 288 g/mol. The summed E-state index contributed by atoms with van der Waals surface area (Å²) in [4.78, 5) is 12.4. The topological polar surface area (TPSA) is 50.4 Å². The summed E-state index contributed by atoms with van der Waals surface area (Å²) in [6.07, 6.45) is 6.23. The number of carbonyl (C=O) groups is 1. The van der Waals surface area contributed by atoms with E-state index in [1.54, 1.807) is 0 Å². The van der Waals surface area contributed by atoms with Crippen molar-refractivity contribution in [1.29, 1.82) is 0 Å².